The number of rotatable bonds is 14. The van der Waals surface area contributed by atoms with Crippen LogP contribution in [0.5, 0.6) is 0 Å². The zero-order valence-electron chi connectivity index (χ0n) is 18.0. The summed E-state index contributed by atoms with van der Waals surface area (Å²) in [6, 6.07) is 0. The van der Waals surface area contributed by atoms with Crippen molar-refractivity contribution >= 4 is 11.9 Å². The zero-order valence-corrected chi connectivity index (χ0v) is 18.0. The fourth-order valence-electron chi connectivity index (χ4n) is 3.19. The molecule has 4 nitrogen and oxygen atoms in total. The van der Waals surface area contributed by atoms with Gasteiger partial charge >= 0.3 is 5.97 Å². The Labute approximate surface area is 166 Å². The molecule has 0 aliphatic rings. The van der Waals surface area contributed by atoms with Crippen LogP contribution in [-0.2, 0) is 14.3 Å². The fourth-order valence-corrected chi connectivity index (χ4v) is 3.19. The average Bonchev–Trinajstić information content (AvgIpc) is 2.64. The first-order chi connectivity index (χ1) is 12.9. The van der Waals surface area contributed by atoms with Gasteiger partial charge in [0.15, 0.2) is 0 Å². The van der Waals surface area contributed by atoms with Gasteiger partial charge in [0.25, 0.3) is 0 Å². The summed E-state index contributed by atoms with van der Waals surface area (Å²) >= 11 is 0. The molecular weight excluding hydrogens is 338 g/mol. The van der Waals surface area contributed by atoms with E-state index < -0.39 is 5.97 Å². The molecule has 4 heteroatoms. The largest absolute Gasteiger partial charge is 0.461 e. The molecule has 0 rings (SSSR count). The SMILES string of the molecule is C#CC(C=C(C)C(CCC)CCCCC)CC(C)OC(=O)CNC(=O)CC. The molecule has 0 aromatic carbocycles. The molecule has 1 amide bonds. The van der Waals surface area contributed by atoms with Gasteiger partial charge in [-0.15, -0.1) is 6.42 Å². The average molecular weight is 378 g/mol. The predicted molar refractivity (Wildman–Crippen MR) is 112 cm³/mol. The maximum absolute atomic E-state index is 11.8. The van der Waals surface area contributed by atoms with Crippen LogP contribution in [-0.4, -0.2) is 24.5 Å². The molecule has 1 N–H and O–H groups in total. The van der Waals surface area contributed by atoms with Crippen molar-refractivity contribution in [1.82, 2.24) is 5.32 Å². The van der Waals surface area contributed by atoms with Gasteiger partial charge in [0.1, 0.15) is 12.6 Å². The van der Waals surface area contributed by atoms with Crippen molar-refractivity contribution in [3.05, 3.63) is 11.6 Å². The number of esters is 1. The van der Waals surface area contributed by atoms with E-state index in [2.05, 4.69) is 38.1 Å². The number of nitrogens with one attached hydrogen (secondary N) is 1. The monoisotopic (exact) mass is 377 g/mol. The fraction of sp³-hybridized carbons (Fsp3) is 0.739. The Morgan fingerprint density at radius 1 is 1.15 bits per heavy atom. The summed E-state index contributed by atoms with van der Waals surface area (Å²) in [6.45, 7) is 10.1. The van der Waals surface area contributed by atoms with Crippen molar-refractivity contribution < 1.29 is 14.3 Å². The Bertz CT molecular complexity index is 504. The van der Waals surface area contributed by atoms with E-state index in [1.165, 1.54) is 44.1 Å². The predicted octanol–water partition coefficient (Wildman–Crippen LogP) is 5.03. The normalized spacial score (nSPS) is 14.7. The van der Waals surface area contributed by atoms with Crippen LogP contribution < -0.4 is 5.32 Å². The maximum Gasteiger partial charge on any atom is 0.325 e. The Morgan fingerprint density at radius 3 is 2.41 bits per heavy atom. The van der Waals surface area contributed by atoms with Crippen molar-refractivity contribution in [3.8, 4) is 12.3 Å². The second-order valence-electron chi connectivity index (χ2n) is 7.33. The number of hydrogen-bond acceptors (Lipinski definition) is 3. The highest BCUT2D eigenvalue weighted by atomic mass is 16.5. The molecule has 0 aliphatic carbocycles. The number of terminal acetylenes is 1. The number of hydrogen-bond donors (Lipinski definition) is 1. The smallest absolute Gasteiger partial charge is 0.325 e. The molecule has 0 radical (unpaired) electrons. The summed E-state index contributed by atoms with van der Waals surface area (Å²) in [7, 11) is 0. The summed E-state index contributed by atoms with van der Waals surface area (Å²) in [5.41, 5.74) is 1.35. The summed E-state index contributed by atoms with van der Waals surface area (Å²) < 4.78 is 5.37. The number of amides is 1. The molecule has 0 fully saturated rings. The third kappa shape index (κ3) is 12.3. The lowest BCUT2D eigenvalue weighted by Crippen LogP contribution is -2.31. The van der Waals surface area contributed by atoms with Crippen LogP contribution in [0.25, 0.3) is 0 Å². The molecule has 27 heavy (non-hydrogen) atoms. The Hall–Kier alpha value is -1.76. The molecule has 154 valence electrons. The highest BCUT2D eigenvalue weighted by Gasteiger charge is 2.16. The topological polar surface area (TPSA) is 55.4 Å². The second-order valence-corrected chi connectivity index (χ2v) is 7.33. The number of carbonyl (C=O) groups is 2. The van der Waals surface area contributed by atoms with Crippen LogP contribution in [0.1, 0.15) is 86.0 Å². The van der Waals surface area contributed by atoms with E-state index in [0.717, 1.165) is 0 Å². The van der Waals surface area contributed by atoms with Crippen LogP contribution in [0.2, 0.25) is 0 Å². The van der Waals surface area contributed by atoms with Gasteiger partial charge < -0.3 is 10.1 Å². The van der Waals surface area contributed by atoms with Gasteiger partial charge in [0.2, 0.25) is 5.91 Å². The second kappa shape index (κ2) is 15.3. The van der Waals surface area contributed by atoms with Crippen molar-refractivity contribution in [3.63, 3.8) is 0 Å². The minimum atomic E-state index is -0.427. The van der Waals surface area contributed by atoms with Gasteiger partial charge in [-0.3, -0.25) is 9.59 Å². The maximum atomic E-state index is 11.8. The lowest BCUT2D eigenvalue weighted by Gasteiger charge is -2.20. The third-order valence-corrected chi connectivity index (χ3v) is 4.78. The number of unbranched alkanes of at least 4 members (excludes halogenated alkanes) is 2. The first-order valence-corrected chi connectivity index (χ1v) is 10.5. The highest BCUT2D eigenvalue weighted by Crippen LogP contribution is 2.25. The molecule has 0 bridgehead atoms. The van der Waals surface area contributed by atoms with Crippen LogP contribution in [0.15, 0.2) is 11.6 Å². The quantitative estimate of drug-likeness (QED) is 0.200. The van der Waals surface area contributed by atoms with E-state index in [0.29, 0.717) is 18.8 Å². The summed E-state index contributed by atoms with van der Waals surface area (Å²) in [4.78, 5) is 23.0. The van der Waals surface area contributed by atoms with Gasteiger partial charge in [0, 0.05) is 18.8 Å². The third-order valence-electron chi connectivity index (χ3n) is 4.78. The lowest BCUT2D eigenvalue weighted by molar-refractivity contribution is -0.148. The standard InChI is InChI=1S/C23H39NO3/c1-7-11-12-14-21(13-8-2)18(5)15-20(9-3)16-19(6)27-23(26)17-24-22(25)10-4/h3,15,19-21H,7-8,10-14,16-17H2,1-2,4-6H3,(H,24,25). The van der Waals surface area contributed by atoms with Crippen molar-refractivity contribution in [2.24, 2.45) is 11.8 Å². The summed E-state index contributed by atoms with van der Waals surface area (Å²) in [5.74, 6) is 2.76. The van der Waals surface area contributed by atoms with Crippen molar-refractivity contribution in [2.45, 2.75) is 92.1 Å². The van der Waals surface area contributed by atoms with Gasteiger partial charge in [-0.25, -0.2) is 0 Å². The summed E-state index contributed by atoms with van der Waals surface area (Å²) in [5, 5.41) is 2.52. The minimum Gasteiger partial charge on any atom is -0.461 e. The Morgan fingerprint density at radius 2 is 1.85 bits per heavy atom. The number of carbonyl (C=O) groups excluding carboxylic acids is 2. The van der Waals surface area contributed by atoms with E-state index in [-0.39, 0.29) is 24.5 Å². The van der Waals surface area contributed by atoms with Gasteiger partial charge in [-0.05, 0) is 32.6 Å². The van der Waals surface area contributed by atoms with Crippen LogP contribution >= 0.6 is 0 Å². The molecule has 0 spiro atoms. The molecule has 3 unspecified atom stereocenters. The molecule has 0 aromatic rings. The molecular formula is C23H39NO3. The van der Waals surface area contributed by atoms with Gasteiger partial charge in [-0.1, -0.05) is 64.0 Å². The zero-order chi connectivity index (χ0) is 20.7. The van der Waals surface area contributed by atoms with E-state index in [1.807, 2.05) is 6.92 Å². The van der Waals surface area contributed by atoms with Crippen molar-refractivity contribution in [1.29, 1.82) is 0 Å². The first kappa shape index (κ1) is 25.2. The van der Waals surface area contributed by atoms with Crippen molar-refractivity contribution in [2.75, 3.05) is 6.54 Å². The number of ether oxygens (including phenoxy) is 1. The van der Waals surface area contributed by atoms with E-state index in [9.17, 15) is 9.59 Å². The number of allylic oxidation sites excluding steroid dienone is 2. The first-order valence-electron chi connectivity index (χ1n) is 10.5. The molecule has 0 saturated carbocycles. The molecule has 0 saturated heterocycles. The van der Waals surface area contributed by atoms with E-state index >= 15 is 0 Å². The van der Waals surface area contributed by atoms with Gasteiger partial charge in [-0.2, -0.15) is 0 Å². The molecule has 0 aliphatic heterocycles. The summed E-state index contributed by atoms with van der Waals surface area (Å²) in [6.07, 6.45) is 15.9. The Balaban J connectivity index is 4.65. The van der Waals surface area contributed by atoms with Crippen LogP contribution in [0.3, 0.4) is 0 Å². The Kier molecular flexibility index (Phi) is 14.3. The molecule has 0 heterocycles. The lowest BCUT2D eigenvalue weighted by atomic mass is 9.87. The van der Waals surface area contributed by atoms with Gasteiger partial charge in [0.05, 0.1) is 0 Å². The molecule has 0 aromatic heterocycles. The van der Waals surface area contributed by atoms with E-state index in [4.69, 9.17) is 11.2 Å². The van der Waals surface area contributed by atoms with Crippen LogP contribution in [0, 0.1) is 24.2 Å². The highest BCUT2D eigenvalue weighted by molar-refractivity contribution is 5.81. The van der Waals surface area contributed by atoms with E-state index in [1.54, 1.807) is 6.92 Å². The molecule has 3 atom stereocenters. The minimum absolute atomic E-state index is 0.0523. The van der Waals surface area contributed by atoms with Crippen LogP contribution in [0.4, 0.5) is 0 Å².